The van der Waals surface area contributed by atoms with E-state index in [4.69, 9.17) is 22.4 Å². The Kier molecular flexibility index (Phi) is 5.44. The van der Waals surface area contributed by atoms with Crippen molar-refractivity contribution in [2.24, 2.45) is 5.73 Å². The summed E-state index contributed by atoms with van der Waals surface area (Å²) in [5, 5.41) is 9.47. The van der Waals surface area contributed by atoms with Crippen molar-refractivity contribution in [1.29, 1.82) is 0 Å². The summed E-state index contributed by atoms with van der Waals surface area (Å²) in [6.07, 6.45) is 6.83. The van der Waals surface area contributed by atoms with Crippen LogP contribution in [0.1, 0.15) is 68.0 Å². The number of carbonyl (C=O) groups is 1. The molecule has 0 spiro atoms. The van der Waals surface area contributed by atoms with Crippen molar-refractivity contribution in [1.82, 2.24) is 0 Å². The highest BCUT2D eigenvalue weighted by molar-refractivity contribution is 6.31. The van der Waals surface area contributed by atoms with Crippen molar-refractivity contribution in [3.8, 4) is 0 Å². The quantitative estimate of drug-likeness (QED) is 0.853. The third-order valence-electron chi connectivity index (χ3n) is 4.17. The van der Waals surface area contributed by atoms with Crippen LogP contribution in [0.5, 0.6) is 0 Å². The summed E-state index contributed by atoms with van der Waals surface area (Å²) in [7, 11) is 0. The van der Waals surface area contributed by atoms with Gasteiger partial charge in [-0.1, -0.05) is 43.0 Å². The lowest BCUT2D eigenvalue weighted by molar-refractivity contribution is -0.137. The molecular weight excluding hydrogens is 274 g/mol. The zero-order chi connectivity index (χ0) is 14.5. The van der Waals surface area contributed by atoms with Gasteiger partial charge >= 0.3 is 5.97 Å². The van der Waals surface area contributed by atoms with E-state index >= 15 is 0 Å². The topological polar surface area (TPSA) is 63.3 Å². The number of carboxylic acid groups (broad SMARTS) is 1. The summed E-state index contributed by atoms with van der Waals surface area (Å²) in [6, 6.07) is 5.73. The van der Waals surface area contributed by atoms with Crippen molar-refractivity contribution >= 4 is 17.6 Å². The zero-order valence-corrected chi connectivity index (χ0v) is 12.4. The number of carboxylic acids is 1. The lowest BCUT2D eigenvalue weighted by atomic mass is 9.83. The second-order valence-corrected chi connectivity index (χ2v) is 6.06. The molecular formula is C16H22ClNO2. The highest BCUT2D eigenvalue weighted by Crippen LogP contribution is 2.37. The van der Waals surface area contributed by atoms with E-state index < -0.39 is 5.97 Å². The summed E-state index contributed by atoms with van der Waals surface area (Å²) in [4.78, 5) is 10.6. The SMILES string of the molecule is NC(CCC(=O)O)c1ccc(C2CCCCC2)c(Cl)c1. The molecule has 3 nitrogen and oxygen atoms in total. The van der Waals surface area contributed by atoms with E-state index in [1.165, 1.54) is 37.7 Å². The second kappa shape index (κ2) is 7.09. The Bertz CT molecular complexity index is 470. The molecule has 0 aromatic heterocycles. The summed E-state index contributed by atoms with van der Waals surface area (Å²) in [5.41, 5.74) is 8.17. The van der Waals surface area contributed by atoms with E-state index in [1.54, 1.807) is 0 Å². The molecule has 0 amide bonds. The van der Waals surface area contributed by atoms with Crippen LogP contribution in [-0.2, 0) is 4.79 Å². The Morgan fingerprint density at radius 2 is 2.05 bits per heavy atom. The molecule has 0 radical (unpaired) electrons. The first-order valence-electron chi connectivity index (χ1n) is 7.34. The number of rotatable bonds is 5. The molecule has 1 atom stereocenters. The molecule has 1 fully saturated rings. The third-order valence-corrected chi connectivity index (χ3v) is 4.49. The van der Waals surface area contributed by atoms with Crippen LogP contribution in [0.2, 0.25) is 5.02 Å². The van der Waals surface area contributed by atoms with E-state index in [9.17, 15) is 4.79 Å². The smallest absolute Gasteiger partial charge is 0.303 e. The fraction of sp³-hybridized carbons (Fsp3) is 0.562. The van der Waals surface area contributed by atoms with Crippen molar-refractivity contribution in [2.75, 3.05) is 0 Å². The minimum absolute atomic E-state index is 0.0865. The predicted molar refractivity (Wildman–Crippen MR) is 81.1 cm³/mol. The van der Waals surface area contributed by atoms with E-state index in [1.807, 2.05) is 12.1 Å². The van der Waals surface area contributed by atoms with Crippen LogP contribution in [-0.4, -0.2) is 11.1 Å². The molecule has 1 aromatic rings. The van der Waals surface area contributed by atoms with Crippen molar-refractivity contribution in [3.63, 3.8) is 0 Å². The standard InChI is InChI=1S/C16H22ClNO2/c17-14-10-12(15(18)8-9-16(19)20)6-7-13(14)11-4-2-1-3-5-11/h6-7,10-11,15H,1-5,8-9,18H2,(H,19,20). The molecule has 0 aliphatic heterocycles. The minimum Gasteiger partial charge on any atom is -0.481 e. The van der Waals surface area contributed by atoms with E-state index in [0.29, 0.717) is 12.3 Å². The van der Waals surface area contributed by atoms with Crippen molar-refractivity contribution in [2.45, 2.75) is 56.9 Å². The van der Waals surface area contributed by atoms with Crippen molar-refractivity contribution < 1.29 is 9.90 Å². The number of nitrogens with two attached hydrogens (primary N) is 1. The van der Waals surface area contributed by atoms with Gasteiger partial charge in [-0.05, 0) is 42.4 Å². The number of halogens is 1. The number of hydrogen-bond acceptors (Lipinski definition) is 2. The maximum Gasteiger partial charge on any atom is 0.303 e. The highest BCUT2D eigenvalue weighted by Gasteiger charge is 2.19. The van der Waals surface area contributed by atoms with Gasteiger partial charge in [0, 0.05) is 17.5 Å². The lowest BCUT2D eigenvalue weighted by Gasteiger charge is -2.23. The molecule has 4 heteroatoms. The van der Waals surface area contributed by atoms with Gasteiger partial charge in [-0.3, -0.25) is 4.79 Å². The first kappa shape index (κ1) is 15.3. The number of hydrogen-bond donors (Lipinski definition) is 2. The molecule has 0 bridgehead atoms. The van der Waals surface area contributed by atoms with Gasteiger partial charge in [-0.15, -0.1) is 0 Å². The van der Waals surface area contributed by atoms with Gasteiger partial charge in [-0.25, -0.2) is 0 Å². The number of benzene rings is 1. The second-order valence-electron chi connectivity index (χ2n) is 5.65. The molecule has 3 N–H and O–H groups in total. The van der Waals surface area contributed by atoms with E-state index in [2.05, 4.69) is 6.07 Å². The van der Waals surface area contributed by atoms with Crippen LogP contribution in [0, 0.1) is 0 Å². The van der Waals surface area contributed by atoms with Gasteiger partial charge in [0.2, 0.25) is 0 Å². The first-order valence-corrected chi connectivity index (χ1v) is 7.72. The monoisotopic (exact) mass is 295 g/mol. The molecule has 0 heterocycles. The van der Waals surface area contributed by atoms with Crippen molar-refractivity contribution in [3.05, 3.63) is 34.3 Å². The molecule has 1 unspecified atom stereocenters. The van der Waals surface area contributed by atoms with Gasteiger partial charge in [0.15, 0.2) is 0 Å². The Morgan fingerprint density at radius 3 is 2.65 bits per heavy atom. The Morgan fingerprint density at radius 1 is 1.35 bits per heavy atom. The normalized spacial score (nSPS) is 17.9. The third kappa shape index (κ3) is 3.97. The Balaban J connectivity index is 2.06. The fourth-order valence-corrected chi connectivity index (χ4v) is 3.31. The molecule has 1 saturated carbocycles. The van der Waals surface area contributed by atoms with Gasteiger partial charge in [0.25, 0.3) is 0 Å². The van der Waals surface area contributed by atoms with Gasteiger partial charge in [-0.2, -0.15) is 0 Å². The summed E-state index contributed by atoms with van der Waals surface area (Å²) in [6.45, 7) is 0. The maximum absolute atomic E-state index is 10.6. The summed E-state index contributed by atoms with van der Waals surface area (Å²) < 4.78 is 0. The molecule has 0 saturated heterocycles. The predicted octanol–water partition coefficient (Wildman–Crippen LogP) is 4.25. The average Bonchev–Trinajstić information content (AvgIpc) is 2.45. The van der Waals surface area contributed by atoms with Crippen LogP contribution in [0.15, 0.2) is 18.2 Å². The largest absolute Gasteiger partial charge is 0.481 e. The Hall–Kier alpha value is -1.06. The lowest BCUT2D eigenvalue weighted by Crippen LogP contribution is -2.13. The van der Waals surface area contributed by atoms with E-state index in [0.717, 1.165) is 10.6 Å². The molecule has 1 aromatic carbocycles. The average molecular weight is 296 g/mol. The molecule has 20 heavy (non-hydrogen) atoms. The molecule has 2 rings (SSSR count). The Labute approximate surface area is 125 Å². The molecule has 1 aliphatic rings. The van der Waals surface area contributed by atoms with Crippen LogP contribution in [0.25, 0.3) is 0 Å². The minimum atomic E-state index is -0.814. The summed E-state index contributed by atoms with van der Waals surface area (Å²) >= 11 is 6.40. The number of aliphatic carboxylic acids is 1. The van der Waals surface area contributed by atoms with Crippen LogP contribution in [0.4, 0.5) is 0 Å². The molecule has 1 aliphatic carbocycles. The van der Waals surface area contributed by atoms with E-state index in [-0.39, 0.29) is 12.5 Å². The van der Waals surface area contributed by atoms with Gasteiger partial charge in [0.1, 0.15) is 0 Å². The highest BCUT2D eigenvalue weighted by atomic mass is 35.5. The zero-order valence-electron chi connectivity index (χ0n) is 11.6. The first-order chi connectivity index (χ1) is 9.58. The van der Waals surface area contributed by atoms with Crippen LogP contribution in [0.3, 0.4) is 0 Å². The molecule has 110 valence electrons. The maximum atomic E-state index is 10.6. The van der Waals surface area contributed by atoms with Crippen LogP contribution >= 0.6 is 11.6 Å². The van der Waals surface area contributed by atoms with Crippen LogP contribution < -0.4 is 5.73 Å². The fourth-order valence-electron chi connectivity index (χ4n) is 2.96. The van der Waals surface area contributed by atoms with Gasteiger partial charge in [0.05, 0.1) is 0 Å². The van der Waals surface area contributed by atoms with Gasteiger partial charge < -0.3 is 10.8 Å². The summed E-state index contributed by atoms with van der Waals surface area (Å²) in [5.74, 6) is -0.245.